The van der Waals surface area contributed by atoms with Crippen LogP contribution in [0.2, 0.25) is 0 Å². The third kappa shape index (κ3) is 4.08. The number of alkyl halides is 3. The van der Waals surface area contributed by atoms with Crippen molar-refractivity contribution >= 4 is 5.95 Å². The van der Waals surface area contributed by atoms with Crippen molar-refractivity contribution in [1.29, 1.82) is 0 Å². The second-order valence-electron chi connectivity index (χ2n) is 6.36. The molecule has 6 nitrogen and oxygen atoms in total. The van der Waals surface area contributed by atoms with E-state index in [2.05, 4.69) is 9.97 Å². The lowest BCUT2D eigenvalue weighted by atomic mass is 9.84. The highest BCUT2D eigenvalue weighted by Gasteiger charge is 2.37. The van der Waals surface area contributed by atoms with Crippen LogP contribution in [0.25, 0.3) is 0 Å². The van der Waals surface area contributed by atoms with Crippen molar-refractivity contribution in [3.8, 4) is 11.5 Å². The first-order valence-electron chi connectivity index (χ1n) is 8.36. The van der Waals surface area contributed by atoms with E-state index >= 15 is 0 Å². The van der Waals surface area contributed by atoms with Crippen LogP contribution in [-0.2, 0) is 11.8 Å². The Kier molecular flexibility index (Phi) is 5.14. The van der Waals surface area contributed by atoms with Gasteiger partial charge in [0.05, 0.1) is 19.8 Å². The summed E-state index contributed by atoms with van der Waals surface area (Å²) in [5.74, 6) is 1.12. The number of piperidine rings is 1. The number of aromatic nitrogens is 2. The van der Waals surface area contributed by atoms with Crippen LogP contribution in [0.4, 0.5) is 19.1 Å². The summed E-state index contributed by atoms with van der Waals surface area (Å²) in [5, 5.41) is 11.1. The van der Waals surface area contributed by atoms with Gasteiger partial charge < -0.3 is 19.5 Å². The summed E-state index contributed by atoms with van der Waals surface area (Å²) < 4.78 is 49.0. The number of aliphatic hydroxyl groups is 1. The average molecular weight is 383 g/mol. The van der Waals surface area contributed by atoms with E-state index in [-0.39, 0.29) is 5.95 Å². The number of halogens is 3. The second-order valence-corrected chi connectivity index (χ2v) is 6.36. The maximum absolute atomic E-state index is 12.8. The summed E-state index contributed by atoms with van der Waals surface area (Å²) in [6.45, 7) is 0.634. The van der Waals surface area contributed by atoms with E-state index in [9.17, 15) is 18.3 Å². The van der Waals surface area contributed by atoms with Crippen molar-refractivity contribution in [1.82, 2.24) is 9.97 Å². The smallest absolute Gasteiger partial charge is 0.433 e. The molecule has 0 spiro atoms. The molecule has 1 fully saturated rings. The SMILES string of the molecule is COc1cc(OC)cc(C2(O)CCN(c3nccc(C(F)(F)F)n3)CC2)c1. The fourth-order valence-corrected chi connectivity index (χ4v) is 3.10. The van der Waals surface area contributed by atoms with Crippen molar-refractivity contribution in [3.05, 3.63) is 41.7 Å². The van der Waals surface area contributed by atoms with E-state index < -0.39 is 17.5 Å². The number of benzene rings is 1. The van der Waals surface area contributed by atoms with Gasteiger partial charge in [0.15, 0.2) is 0 Å². The summed E-state index contributed by atoms with van der Waals surface area (Å²) >= 11 is 0. The molecule has 1 aliphatic heterocycles. The van der Waals surface area contributed by atoms with Crippen LogP contribution in [-0.4, -0.2) is 42.4 Å². The molecular formula is C18H20F3N3O3. The number of ether oxygens (including phenoxy) is 2. The van der Waals surface area contributed by atoms with Crippen molar-refractivity contribution in [3.63, 3.8) is 0 Å². The van der Waals surface area contributed by atoms with Crippen LogP contribution < -0.4 is 14.4 Å². The Labute approximate surface area is 154 Å². The zero-order valence-corrected chi connectivity index (χ0v) is 15.0. The quantitative estimate of drug-likeness (QED) is 0.876. The van der Waals surface area contributed by atoms with E-state index in [1.165, 1.54) is 14.2 Å². The molecular weight excluding hydrogens is 363 g/mol. The van der Waals surface area contributed by atoms with E-state index in [1.807, 2.05) is 0 Å². The predicted molar refractivity (Wildman–Crippen MR) is 91.9 cm³/mol. The molecule has 146 valence electrons. The normalized spacial score (nSPS) is 16.9. The summed E-state index contributed by atoms with van der Waals surface area (Å²) in [5.41, 5.74) is -1.48. The number of anilines is 1. The molecule has 0 bridgehead atoms. The molecule has 1 aliphatic rings. The predicted octanol–water partition coefficient (Wildman–Crippen LogP) is 3.00. The monoisotopic (exact) mass is 383 g/mol. The maximum Gasteiger partial charge on any atom is 0.433 e. The molecule has 0 radical (unpaired) electrons. The van der Waals surface area contributed by atoms with Crippen molar-refractivity contribution in [2.24, 2.45) is 0 Å². The number of nitrogens with zero attached hydrogens (tertiary/aromatic N) is 3. The number of hydrogen-bond donors (Lipinski definition) is 1. The lowest BCUT2D eigenvalue weighted by molar-refractivity contribution is -0.141. The molecule has 0 saturated carbocycles. The second kappa shape index (κ2) is 7.22. The Morgan fingerprint density at radius 3 is 2.19 bits per heavy atom. The summed E-state index contributed by atoms with van der Waals surface area (Å²) in [7, 11) is 3.05. The summed E-state index contributed by atoms with van der Waals surface area (Å²) in [6.07, 6.45) is -2.81. The molecule has 2 aromatic rings. The first kappa shape index (κ1) is 19.2. The molecule has 1 saturated heterocycles. The Morgan fingerprint density at radius 1 is 1.07 bits per heavy atom. The summed E-state index contributed by atoms with van der Waals surface area (Å²) in [6, 6.07) is 6.02. The van der Waals surface area contributed by atoms with Crippen LogP contribution in [0, 0.1) is 0 Å². The standard InChI is InChI=1S/C18H20F3N3O3/c1-26-13-9-12(10-14(11-13)27-2)17(25)4-7-24(8-5-17)16-22-6-3-15(23-16)18(19,20)21/h3,6,9-11,25H,4-5,7-8H2,1-2H3. The highest BCUT2D eigenvalue weighted by molar-refractivity contribution is 5.42. The molecule has 1 aromatic heterocycles. The molecule has 0 atom stereocenters. The number of hydrogen-bond acceptors (Lipinski definition) is 6. The van der Waals surface area contributed by atoms with Gasteiger partial charge in [-0.15, -0.1) is 0 Å². The number of methoxy groups -OCH3 is 2. The van der Waals surface area contributed by atoms with E-state index in [0.29, 0.717) is 43.0 Å². The molecule has 1 N–H and O–H groups in total. The summed E-state index contributed by atoms with van der Waals surface area (Å²) in [4.78, 5) is 9.20. The first-order valence-corrected chi connectivity index (χ1v) is 8.36. The fraction of sp³-hybridized carbons (Fsp3) is 0.444. The van der Waals surface area contributed by atoms with Gasteiger partial charge in [-0.3, -0.25) is 0 Å². The van der Waals surface area contributed by atoms with E-state index in [4.69, 9.17) is 9.47 Å². The van der Waals surface area contributed by atoms with Crippen LogP contribution in [0.15, 0.2) is 30.5 Å². The van der Waals surface area contributed by atoms with Gasteiger partial charge >= 0.3 is 6.18 Å². The Hall–Kier alpha value is -2.55. The molecule has 2 heterocycles. The van der Waals surface area contributed by atoms with Gasteiger partial charge in [0.25, 0.3) is 0 Å². The van der Waals surface area contributed by atoms with Gasteiger partial charge in [-0.2, -0.15) is 13.2 Å². The average Bonchev–Trinajstić information content (AvgIpc) is 2.67. The minimum atomic E-state index is -4.52. The van der Waals surface area contributed by atoms with Crippen LogP contribution in [0.5, 0.6) is 11.5 Å². The third-order valence-electron chi connectivity index (χ3n) is 4.70. The lowest BCUT2D eigenvalue weighted by Gasteiger charge is -2.38. The van der Waals surface area contributed by atoms with E-state index in [0.717, 1.165) is 12.3 Å². The zero-order valence-electron chi connectivity index (χ0n) is 15.0. The van der Waals surface area contributed by atoms with Crippen molar-refractivity contribution in [2.75, 3.05) is 32.2 Å². The van der Waals surface area contributed by atoms with Gasteiger partial charge in [0.2, 0.25) is 5.95 Å². The molecule has 0 aliphatic carbocycles. The van der Waals surface area contributed by atoms with Crippen LogP contribution in [0.3, 0.4) is 0 Å². The van der Waals surface area contributed by atoms with Crippen LogP contribution in [0.1, 0.15) is 24.1 Å². The van der Waals surface area contributed by atoms with E-state index in [1.54, 1.807) is 23.1 Å². The van der Waals surface area contributed by atoms with Gasteiger partial charge in [0, 0.05) is 25.4 Å². The minimum absolute atomic E-state index is 0.00935. The Balaban J connectivity index is 1.79. The van der Waals surface area contributed by atoms with Crippen LogP contribution >= 0.6 is 0 Å². The maximum atomic E-state index is 12.8. The highest BCUT2D eigenvalue weighted by Crippen LogP contribution is 2.38. The Bertz CT molecular complexity index is 784. The highest BCUT2D eigenvalue weighted by atomic mass is 19.4. The van der Waals surface area contributed by atoms with Gasteiger partial charge in [-0.1, -0.05) is 0 Å². The fourth-order valence-electron chi connectivity index (χ4n) is 3.10. The molecule has 9 heteroatoms. The topological polar surface area (TPSA) is 67.7 Å². The van der Waals surface area contributed by atoms with Gasteiger partial charge in [0.1, 0.15) is 17.2 Å². The zero-order chi connectivity index (χ0) is 19.7. The third-order valence-corrected chi connectivity index (χ3v) is 4.70. The first-order chi connectivity index (χ1) is 12.7. The van der Waals surface area contributed by atoms with Gasteiger partial charge in [-0.05, 0) is 36.6 Å². The molecule has 0 amide bonds. The molecule has 1 aromatic carbocycles. The lowest BCUT2D eigenvalue weighted by Crippen LogP contribution is -2.43. The van der Waals surface area contributed by atoms with Gasteiger partial charge in [-0.25, -0.2) is 9.97 Å². The Morgan fingerprint density at radius 2 is 1.67 bits per heavy atom. The minimum Gasteiger partial charge on any atom is -0.497 e. The van der Waals surface area contributed by atoms with Crippen molar-refractivity contribution < 1.29 is 27.8 Å². The molecule has 27 heavy (non-hydrogen) atoms. The van der Waals surface area contributed by atoms with Crippen molar-refractivity contribution in [2.45, 2.75) is 24.6 Å². The molecule has 0 unspecified atom stereocenters. The largest absolute Gasteiger partial charge is 0.497 e. The number of rotatable bonds is 4. The molecule has 3 rings (SSSR count).